The monoisotopic (exact) mass is 421 g/mol. The van der Waals surface area contributed by atoms with E-state index in [0.29, 0.717) is 0 Å². The average molecular weight is 422 g/mol. The van der Waals surface area contributed by atoms with Gasteiger partial charge in [-0.3, -0.25) is 9.69 Å². The Morgan fingerprint density at radius 1 is 1.06 bits per heavy atom. The Morgan fingerprint density at radius 3 is 2.55 bits per heavy atom. The summed E-state index contributed by atoms with van der Waals surface area (Å²) in [6, 6.07) is 17.5. The topological polar surface area (TPSA) is 37.3 Å². The Balaban J connectivity index is 1.44. The van der Waals surface area contributed by atoms with Gasteiger partial charge in [-0.1, -0.05) is 43.7 Å². The summed E-state index contributed by atoms with van der Waals surface area (Å²) in [4.78, 5) is 14.8. The normalized spacial score (nSPS) is 15.4. The fraction of sp³-hybridized carbons (Fsp3) is 0.423. The number of amides is 1. The summed E-state index contributed by atoms with van der Waals surface area (Å²) in [5, 5.41) is 4.31. The van der Waals surface area contributed by atoms with E-state index in [1.165, 1.54) is 28.7 Å². The van der Waals surface area contributed by atoms with Gasteiger partial charge in [-0.15, -0.1) is 0 Å². The van der Waals surface area contributed by atoms with E-state index in [1.807, 2.05) is 12.1 Å². The van der Waals surface area contributed by atoms with Crippen molar-refractivity contribution in [3.63, 3.8) is 0 Å². The molecule has 0 radical (unpaired) electrons. The number of hydrogen-bond acceptors (Lipinski definition) is 2. The molecule has 1 N–H and O–H groups in total. The highest BCUT2D eigenvalue weighted by Crippen LogP contribution is 2.25. The fourth-order valence-electron chi connectivity index (χ4n) is 4.47. The van der Waals surface area contributed by atoms with Crippen molar-refractivity contribution in [2.24, 2.45) is 5.92 Å². The standard InChI is InChI=1S/C26H32FN3O/c1-2-3-14-28-26(31)21-12-15-29(16-13-21)19-24-17-22-6-4-5-7-25(22)30(24)18-20-8-10-23(27)11-9-20/h4-11,17,21H,2-3,12-16,18-19H2,1H3,(H,28,31). The van der Waals surface area contributed by atoms with Crippen LogP contribution in [-0.2, 0) is 17.9 Å². The molecule has 1 fully saturated rings. The largest absolute Gasteiger partial charge is 0.356 e. The molecular weight excluding hydrogens is 389 g/mol. The molecule has 4 nitrogen and oxygen atoms in total. The van der Waals surface area contributed by atoms with Gasteiger partial charge in [0.15, 0.2) is 0 Å². The average Bonchev–Trinajstić information content (AvgIpc) is 3.13. The Labute approximate surface area is 184 Å². The zero-order chi connectivity index (χ0) is 21.6. The van der Waals surface area contributed by atoms with Gasteiger partial charge >= 0.3 is 0 Å². The van der Waals surface area contributed by atoms with Gasteiger partial charge in [0.05, 0.1) is 0 Å². The Bertz CT molecular complexity index is 1000. The number of likely N-dealkylation sites (tertiary alicyclic amines) is 1. The van der Waals surface area contributed by atoms with Crippen LogP contribution < -0.4 is 5.32 Å². The molecule has 0 spiro atoms. The van der Waals surface area contributed by atoms with E-state index in [0.717, 1.165) is 64.0 Å². The van der Waals surface area contributed by atoms with Crippen LogP contribution in [0.2, 0.25) is 0 Å². The van der Waals surface area contributed by atoms with E-state index in [1.54, 1.807) is 0 Å². The first-order valence-electron chi connectivity index (χ1n) is 11.5. The summed E-state index contributed by atoms with van der Waals surface area (Å²) in [5.74, 6) is 0.152. The summed E-state index contributed by atoms with van der Waals surface area (Å²) >= 11 is 0. The lowest BCUT2D eigenvalue weighted by atomic mass is 9.95. The van der Waals surface area contributed by atoms with Crippen molar-refractivity contribution in [1.82, 2.24) is 14.8 Å². The van der Waals surface area contributed by atoms with Crippen LogP contribution in [-0.4, -0.2) is 35.0 Å². The zero-order valence-corrected chi connectivity index (χ0v) is 18.3. The molecule has 0 atom stereocenters. The molecule has 4 rings (SSSR count). The first kappa shape index (κ1) is 21.6. The predicted molar refractivity (Wildman–Crippen MR) is 123 cm³/mol. The second-order valence-corrected chi connectivity index (χ2v) is 8.60. The van der Waals surface area contributed by atoms with E-state index in [9.17, 15) is 9.18 Å². The maximum atomic E-state index is 13.3. The molecule has 0 aliphatic carbocycles. The third-order valence-electron chi connectivity index (χ3n) is 6.32. The van der Waals surface area contributed by atoms with Crippen LogP contribution in [0.3, 0.4) is 0 Å². The molecular formula is C26H32FN3O. The molecule has 0 unspecified atom stereocenters. The molecule has 1 amide bonds. The molecule has 1 aliphatic heterocycles. The number of hydrogen-bond donors (Lipinski definition) is 1. The quantitative estimate of drug-likeness (QED) is 0.522. The summed E-state index contributed by atoms with van der Waals surface area (Å²) in [7, 11) is 0. The number of carbonyl (C=O) groups is 1. The van der Waals surface area contributed by atoms with Gasteiger partial charge < -0.3 is 9.88 Å². The van der Waals surface area contributed by atoms with Gasteiger partial charge in [-0.25, -0.2) is 4.39 Å². The van der Waals surface area contributed by atoms with Crippen molar-refractivity contribution in [2.45, 2.75) is 45.7 Å². The molecule has 31 heavy (non-hydrogen) atoms. The van der Waals surface area contributed by atoms with Gasteiger partial charge in [0, 0.05) is 36.8 Å². The SMILES string of the molecule is CCCCNC(=O)C1CCN(Cc2cc3ccccc3n2Cc2ccc(F)cc2)CC1. The number of aromatic nitrogens is 1. The molecule has 164 valence electrons. The summed E-state index contributed by atoms with van der Waals surface area (Å²) in [6.45, 7) is 6.38. The fourth-order valence-corrected chi connectivity index (χ4v) is 4.47. The molecule has 3 aromatic rings. The van der Waals surface area contributed by atoms with Crippen molar-refractivity contribution in [3.8, 4) is 0 Å². The number of nitrogens with zero attached hydrogens (tertiary/aromatic N) is 2. The lowest BCUT2D eigenvalue weighted by molar-refractivity contribution is -0.126. The van der Waals surface area contributed by atoms with Gasteiger partial charge in [-0.2, -0.15) is 0 Å². The molecule has 1 aromatic heterocycles. The molecule has 0 bridgehead atoms. The van der Waals surface area contributed by atoms with E-state index in [-0.39, 0.29) is 17.6 Å². The van der Waals surface area contributed by atoms with Crippen LogP contribution in [0.5, 0.6) is 0 Å². The number of carbonyl (C=O) groups excluding carboxylic acids is 1. The van der Waals surface area contributed by atoms with E-state index >= 15 is 0 Å². The number of rotatable bonds is 8. The molecule has 1 saturated heterocycles. The minimum atomic E-state index is -0.206. The van der Waals surface area contributed by atoms with Crippen LogP contribution in [0.1, 0.15) is 43.9 Å². The van der Waals surface area contributed by atoms with E-state index in [2.05, 4.69) is 52.0 Å². The molecule has 2 aromatic carbocycles. The number of unbranched alkanes of at least 4 members (excludes halogenated alkanes) is 1. The van der Waals surface area contributed by atoms with Crippen LogP contribution in [0.4, 0.5) is 4.39 Å². The predicted octanol–water partition coefficient (Wildman–Crippen LogP) is 4.96. The van der Waals surface area contributed by atoms with Crippen molar-refractivity contribution in [3.05, 3.63) is 71.7 Å². The van der Waals surface area contributed by atoms with Crippen molar-refractivity contribution in [2.75, 3.05) is 19.6 Å². The lowest BCUT2D eigenvalue weighted by Crippen LogP contribution is -2.40. The minimum Gasteiger partial charge on any atom is -0.356 e. The highest BCUT2D eigenvalue weighted by atomic mass is 19.1. The maximum absolute atomic E-state index is 13.3. The summed E-state index contributed by atoms with van der Waals surface area (Å²) < 4.78 is 15.7. The zero-order valence-electron chi connectivity index (χ0n) is 18.3. The Kier molecular flexibility index (Phi) is 7.03. The number of fused-ring (bicyclic) bond motifs is 1. The second-order valence-electron chi connectivity index (χ2n) is 8.60. The smallest absolute Gasteiger partial charge is 0.223 e. The minimum absolute atomic E-state index is 0.137. The van der Waals surface area contributed by atoms with Crippen molar-refractivity contribution >= 4 is 16.8 Å². The lowest BCUT2D eigenvalue weighted by Gasteiger charge is -2.31. The van der Waals surface area contributed by atoms with Crippen LogP contribution in [0.25, 0.3) is 10.9 Å². The number of benzene rings is 2. The van der Waals surface area contributed by atoms with Gasteiger partial charge in [0.1, 0.15) is 5.82 Å². The number of para-hydroxylation sites is 1. The van der Waals surface area contributed by atoms with Crippen molar-refractivity contribution < 1.29 is 9.18 Å². The van der Waals surface area contributed by atoms with Crippen molar-refractivity contribution in [1.29, 1.82) is 0 Å². The first-order chi connectivity index (χ1) is 15.1. The number of piperidine rings is 1. The summed E-state index contributed by atoms with van der Waals surface area (Å²) in [6.07, 6.45) is 3.97. The highest BCUT2D eigenvalue weighted by molar-refractivity contribution is 5.81. The van der Waals surface area contributed by atoms with E-state index in [4.69, 9.17) is 0 Å². The Hall–Kier alpha value is -2.66. The maximum Gasteiger partial charge on any atom is 0.223 e. The summed E-state index contributed by atoms with van der Waals surface area (Å²) in [5.41, 5.74) is 3.55. The van der Waals surface area contributed by atoms with Crippen LogP contribution in [0.15, 0.2) is 54.6 Å². The molecule has 2 heterocycles. The van der Waals surface area contributed by atoms with Gasteiger partial charge in [0.2, 0.25) is 5.91 Å². The Morgan fingerprint density at radius 2 is 1.81 bits per heavy atom. The molecule has 1 aliphatic rings. The number of nitrogens with one attached hydrogen (secondary N) is 1. The third kappa shape index (κ3) is 5.34. The second kappa shape index (κ2) is 10.1. The molecule has 5 heteroatoms. The first-order valence-corrected chi connectivity index (χ1v) is 11.5. The van der Waals surface area contributed by atoms with Crippen LogP contribution >= 0.6 is 0 Å². The highest BCUT2D eigenvalue weighted by Gasteiger charge is 2.25. The molecule has 0 saturated carbocycles. The van der Waals surface area contributed by atoms with Crippen LogP contribution in [0, 0.1) is 11.7 Å². The van der Waals surface area contributed by atoms with E-state index < -0.39 is 0 Å². The van der Waals surface area contributed by atoms with Gasteiger partial charge in [0.25, 0.3) is 0 Å². The van der Waals surface area contributed by atoms with Gasteiger partial charge in [-0.05, 0) is 67.6 Å². The number of halogens is 1. The third-order valence-corrected chi connectivity index (χ3v) is 6.32.